The predicted molar refractivity (Wildman–Crippen MR) is 69.3 cm³/mol. The molecule has 0 unspecified atom stereocenters. The van der Waals surface area contributed by atoms with Gasteiger partial charge in [0.25, 0.3) is 0 Å². The molecule has 3 heteroatoms. The van der Waals surface area contributed by atoms with Crippen LogP contribution in [-0.2, 0) is 9.31 Å². The molecule has 0 aliphatic carbocycles. The van der Waals surface area contributed by atoms with E-state index in [9.17, 15) is 0 Å². The predicted octanol–water partition coefficient (Wildman–Crippen LogP) is 3.61. The number of allylic oxidation sites excluding steroid dienone is 1. The summed E-state index contributed by atoms with van der Waals surface area (Å²) in [5, 5.41) is 0. The van der Waals surface area contributed by atoms with Crippen molar-refractivity contribution in [2.24, 2.45) is 5.92 Å². The monoisotopic (exact) mass is 224 g/mol. The van der Waals surface area contributed by atoms with Crippen LogP contribution in [0.25, 0.3) is 0 Å². The van der Waals surface area contributed by atoms with E-state index in [0.717, 1.165) is 12.3 Å². The largest absolute Gasteiger partial charge is 0.486 e. The smallest absolute Gasteiger partial charge is 0.400 e. The fraction of sp³-hybridized carbons (Fsp3) is 0.846. The maximum Gasteiger partial charge on any atom is 0.486 e. The summed E-state index contributed by atoms with van der Waals surface area (Å²) in [6.45, 7) is 12.8. The van der Waals surface area contributed by atoms with Crippen LogP contribution in [0.3, 0.4) is 0 Å². The van der Waals surface area contributed by atoms with Crippen LogP contribution in [0.15, 0.2) is 12.1 Å². The Hall–Kier alpha value is -0.275. The first-order valence-corrected chi connectivity index (χ1v) is 6.27. The van der Waals surface area contributed by atoms with Crippen LogP contribution < -0.4 is 0 Å². The normalized spacial score (nSPS) is 23.6. The number of rotatable bonds is 4. The molecule has 0 N–H and O–H groups in total. The Labute approximate surface area is 101 Å². The quantitative estimate of drug-likeness (QED) is 0.679. The fourth-order valence-electron chi connectivity index (χ4n) is 1.60. The molecular weight excluding hydrogens is 199 g/mol. The van der Waals surface area contributed by atoms with Crippen LogP contribution in [0.5, 0.6) is 0 Å². The van der Waals surface area contributed by atoms with Gasteiger partial charge in [-0.1, -0.05) is 25.9 Å². The fourth-order valence-corrected chi connectivity index (χ4v) is 1.60. The van der Waals surface area contributed by atoms with Gasteiger partial charge in [0, 0.05) is 0 Å². The van der Waals surface area contributed by atoms with E-state index in [-0.39, 0.29) is 18.3 Å². The maximum absolute atomic E-state index is 5.86. The van der Waals surface area contributed by atoms with Crippen LogP contribution in [0.2, 0.25) is 0 Å². The molecule has 0 aromatic heterocycles. The van der Waals surface area contributed by atoms with Crippen LogP contribution in [-0.4, -0.2) is 18.3 Å². The second-order valence-electron chi connectivity index (χ2n) is 6.02. The van der Waals surface area contributed by atoms with E-state index in [1.165, 1.54) is 6.42 Å². The van der Waals surface area contributed by atoms with E-state index in [2.05, 4.69) is 47.6 Å². The Balaban J connectivity index is 2.42. The molecule has 0 spiro atoms. The number of hydrogen-bond acceptors (Lipinski definition) is 2. The van der Waals surface area contributed by atoms with E-state index < -0.39 is 0 Å². The summed E-state index contributed by atoms with van der Waals surface area (Å²) in [5.74, 6) is 2.79. The minimum absolute atomic E-state index is 0.183. The van der Waals surface area contributed by atoms with Crippen molar-refractivity contribution in [2.75, 3.05) is 0 Å². The molecule has 1 saturated heterocycles. The average molecular weight is 224 g/mol. The average Bonchev–Trinajstić information content (AvgIpc) is 2.29. The van der Waals surface area contributed by atoms with Gasteiger partial charge in [-0.2, -0.15) is 0 Å². The molecule has 0 bridgehead atoms. The lowest BCUT2D eigenvalue weighted by Gasteiger charge is -2.32. The van der Waals surface area contributed by atoms with Crippen molar-refractivity contribution in [3.8, 4) is 0 Å². The molecule has 0 aromatic carbocycles. The zero-order chi connectivity index (χ0) is 12.4. The van der Waals surface area contributed by atoms with Crippen molar-refractivity contribution in [1.82, 2.24) is 0 Å². The highest BCUT2D eigenvalue weighted by atomic mass is 16.7. The molecule has 1 rings (SSSR count). The van der Waals surface area contributed by atoms with Crippen molar-refractivity contribution < 1.29 is 9.31 Å². The standard InChI is InChI=1S/C13H25BO2/c1-11(2)9-7-8-10-14-15-12(3,4)13(5,6)16-14/h8,10-11H,7,9H2,1-6H3. The van der Waals surface area contributed by atoms with Crippen molar-refractivity contribution >= 4 is 7.12 Å². The highest BCUT2D eigenvalue weighted by molar-refractivity contribution is 6.51. The molecule has 1 heterocycles. The van der Waals surface area contributed by atoms with Gasteiger partial charge in [-0.15, -0.1) is 0 Å². The van der Waals surface area contributed by atoms with Gasteiger partial charge in [0.05, 0.1) is 11.2 Å². The van der Waals surface area contributed by atoms with Gasteiger partial charge >= 0.3 is 7.12 Å². The second-order valence-corrected chi connectivity index (χ2v) is 6.02. The van der Waals surface area contributed by atoms with Crippen LogP contribution in [0.1, 0.15) is 54.4 Å². The summed E-state index contributed by atoms with van der Waals surface area (Å²) >= 11 is 0. The van der Waals surface area contributed by atoms with E-state index >= 15 is 0 Å². The van der Waals surface area contributed by atoms with Crippen molar-refractivity contribution in [1.29, 1.82) is 0 Å². The van der Waals surface area contributed by atoms with E-state index in [0.29, 0.717) is 0 Å². The lowest BCUT2D eigenvalue weighted by atomic mass is 9.89. The SMILES string of the molecule is CC(C)CCC=CB1OC(C)(C)C(C)(C)O1. The van der Waals surface area contributed by atoms with Gasteiger partial charge in [0.2, 0.25) is 0 Å². The van der Waals surface area contributed by atoms with Gasteiger partial charge in [-0.25, -0.2) is 0 Å². The van der Waals surface area contributed by atoms with Crippen molar-refractivity contribution in [3.63, 3.8) is 0 Å². The first kappa shape index (κ1) is 13.8. The summed E-state index contributed by atoms with van der Waals surface area (Å²) in [5.41, 5.74) is -0.444. The number of hydrogen-bond donors (Lipinski definition) is 0. The Morgan fingerprint density at radius 2 is 1.56 bits per heavy atom. The van der Waals surface area contributed by atoms with E-state index in [1.807, 2.05) is 5.98 Å². The van der Waals surface area contributed by atoms with Crippen LogP contribution in [0, 0.1) is 5.92 Å². The molecule has 0 amide bonds. The Kier molecular flexibility index (Phi) is 4.25. The van der Waals surface area contributed by atoms with Gasteiger partial charge < -0.3 is 9.31 Å². The van der Waals surface area contributed by atoms with Crippen molar-refractivity contribution in [2.45, 2.75) is 65.6 Å². The molecule has 0 saturated carbocycles. The summed E-state index contributed by atoms with van der Waals surface area (Å²) in [6.07, 6.45) is 4.49. The molecule has 0 radical (unpaired) electrons. The van der Waals surface area contributed by atoms with E-state index in [4.69, 9.17) is 9.31 Å². The van der Waals surface area contributed by atoms with Gasteiger partial charge in [-0.3, -0.25) is 0 Å². The Bertz CT molecular complexity index is 241. The van der Waals surface area contributed by atoms with Crippen LogP contribution >= 0.6 is 0 Å². The summed E-state index contributed by atoms with van der Waals surface area (Å²) in [6, 6.07) is 0. The minimum Gasteiger partial charge on any atom is -0.400 e. The molecule has 16 heavy (non-hydrogen) atoms. The summed E-state index contributed by atoms with van der Waals surface area (Å²) in [7, 11) is -0.183. The third-order valence-electron chi connectivity index (χ3n) is 3.48. The highest BCUT2D eigenvalue weighted by Crippen LogP contribution is 2.36. The van der Waals surface area contributed by atoms with Gasteiger partial charge in [0.15, 0.2) is 0 Å². The molecule has 0 atom stereocenters. The maximum atomic E-state index is 5.86. The molecule has 1 aliphatic heterocycles. The van der Waals surface area contributed by atoms with Gasteiger partial charge in [0.1, 0.15) is 0 Å². The second kappa shape index (κ2) is 4.93. The minimum atomic E-state index is -0.222. The lowest BCUT2D eigenvalue weighted by Crippen LogP contribution is -2.41. The first-order chi connectivity index (χ1) is 7.24. The topological polar surface area (TPSA) is 18.5 Å². The Morgan fingerprint density at radius 1 is 1.06 bits per heavy atom. The summed E-state index contributed by atoms with van der Waals surface area (Å²) in [4.78, 5) is 0. The zero-order valence-corrected chi connectivity index (χ0v) is 11.5. The summed E-state index contributed by atoms with van der Waals surface area (Å²) < 4.78 is 11.7. The zero-order valence-electron chi connectivity index (χ0n) is 11.5. The third-order valence-corrected chi connectivity index (χ3v) is 3.48. The molecule has 2 nitrogen and oxygen atoms in total. The van der Waals surface area contributed by atoms with Crippen molar-refractivity contribution in [3.05, 3.63) is 12.1 Å². The molecular formula is C13H25BO2. The Morgan fingerprint density at radius 3 is 2.00 bits per heavy atom. The van der Waals surface area contributed by atoms with Gasteiger partial charge in [-0.05, 0) is 46.5 Å². The highest BCUT2D eigenvalue weighted by Gasteiger charge is 2.49. The van der Waals surface area contributed by atoms with E-state index in [1.54, 1.807) is 0 Å². The molecule has 92 valence electrons. The molecule has 1 aliphatic rings. The third kappa shape index (κ3) is 3.36. The molecule has 0 aromatic rings. The lowest BCUT2D eigenvalue weighted by molar-refractivity contribution is 0.00578. The first-order valence-electron chi connectivity index (χ1n) is 6.27. The molecule has 1 fully saturated rings. The van der Waals surface area contributed by atoms with Crippen LogP contribution in [0.4, 0.5) is 0 Å².